The number of carbonyl (C=O) groups is 2. The SMILES string of the molecule is O=C(O)CN(CC(=O)O)C[C@@H](O)[C@@H](O)[C@H](O)[C@H](O)CO. The highest BCUT2D eigenvalue weighted by molar-refractivity contribution is 5.72. The third-order valence-electron chi connectivity index (χ3n) is 2.49. The van der Waals surface area contributed by atoms with Gasteiger partial charge in [0.25, 0.3) is 0 Å². The van der Waals surface area contributed by atoms with Crippen LogP contribution in [0.25, 0.3) is 0 Å². The lowest BCUT2D eigenvalue weighted by atomic mass is 10.0. The van der Waals surface area contributed by atoms with E-state index in [2.05, 4.69) is 0 Å². The van der Waals surface area contributed by atoms with Crippen molar-refractivity contribution in [1.82, 2.24) is 4.90 Å². The van der Waals surface area contributed by atoms with Crippen molar-refractivity contribution in [3.05, 3.63) is 0 Å². The molecule has 0 spiro atoms. The molecule has 0 aromatic heterocycles. The van der Waals surface area contributed by atoms with E-state index in [-0.39, 0.29) is 0 Å². The van der Waals surface area contributed by atoms with Crippen LogP contribution in [0.2, 0.25) is 0 Å². The molecule has 4 atom stereocenters. The van der Waals surface area contributed by atoms with E-state index in [1.165, 1.54) is 0 Å². The summed E-state index contributed by atoms with van der Waals surface area (Å²) in [6.07, 6.45) is -7.12. The van der Waals surface area contributed by atoms with Crippen LogP contribution in [-0.4, -0.2) is 103 Å². The maximum absolute atomic E-state index is 10.5. The van der Waals surface area contributed by atoms with E-state index in [0.29, 0.717) is 0 Å². The van der Waals surface area contributed by atoms with Crippen molar-refractivity contribution in [2.75, 3.05) is 26.2 Å². The average molecular weight is 297 g/mol. The van der Waals surface area contributed by atoms with Crippen molar-refractivity contribution >= 4 is 11.9 Å². The highest BCUT2D eigenvalue weighted by Crippen LogP contribution is 2.07. The van der Waals surface area contributed by atoms with Gasteiger partial charge in [-0.05, 0) is 0 Å². The number of carboxylic acid groups (broad SMARTS) is 2. The molecule has 0 saturated heterocycles. The van der Waals surface area contributed by atoms with Gasteiger partial charge in [-0.1, -0.05) is 0 Å². The molecule has 0 aliphatic heterocycles. The van der Waals surface area contributed by atoms with Gasteiger partial charge in [0.1, 0.15) is 18.3 Å². The minimum Gasteiger partial charge on any atom is -0.480 e. The molecular formula is C10H19NO9. The lowest BCUT2D eigenvalue weighted by Crippen LogP contribution is -2.51. The zero-order chi connectivity index (χ0) is 15.9. The van der Waals surface area contributed by atoms with Crippen molar-refractivity contribution < 1.29 is 45.3 Å². The molecule has 0 aromatic rings. The normalized spacial score (nSPS) is 17.5. The predicted octanol–water partition coefficient (Wildman–Crippen LogP) is -4.11. The second-order valence-electron chi connectivity index (χ2n) is 4.26. The molecule has 0 fully saturated rings. The fraction of sp³-hybridized carbons (Fsp3) is 0.800. The number of rotatable bonds is 10. The first-order valence-electron chi connectivity index (χ1n) is 5.68. The molecule has 0 rings (SSSR count). The smallest absolute Gasteiger partial charge is 0.317 e. The zero-order valence-electron chi connectivity index (χ0n) is 10.5. The van der Waals surface area contributed by atoms with Crippen LogP contribution in [0.15, 0.2) is 0 Å². The first-order chi connectivity index (χ1) is 9.18. The third-order valence-corrected chi connectivity index (χ3v) is 2.49. The molecule has 0 unspecified atom stereocenters. The average Bonchev–Trinajstić information content (AvgIpc) is 2.34. The number of aliphatic hydroxyl groups excluding tert-OH is 5. The van der Waals surface area contributed by atoms with Crippen LogP contribution < -0.4 is 0 Å². The molecule has 10 heteroatoms. The van der Waals surface area contributed by atoms with Crippen LogP contribution in [0.4, 0.5) is 0 Å². The highest BCUT2D eigenvalue weighted by Gasteiger charge is 2.31. The summed E-state index contributed by atoms with van der Waals surface area (Å²) in [5, 5.41) is 63.3. The lowest BCUT2D eigenvalue weighted by molar-refractivity contribution is -0.145. The zero-order valence-corrected chi connectivity index (χ0v) is 10.5. The topological polar surface area (TPSA) is 179 Å². The van der Waals surface area contributed by atoms with Gasteiger partial charge in [-0.15, -0.1) is 0 Å². The van der Waals surface area contributed by atoms with E-state index in [0.717, 1.165) is 4.90 Å². The van der Waals surface area contributed by atoms with E-state index in [4.69, 9.17) is 20.4 Å². The Kier molecular flexibility index (Phi) is 8.22. The van der Waals surface area contributed by atoms with Crippen LogP contribution in [0.3, 0.4) is 0 Å². The molecule has 0 radical (unpaired) electrons. The van der Waals surface area contributed by atoms with E-state index in [9.17, 15) is 24.9 Å². The molecular weight excluding hydrogens is 278 g/mol. The summed E-state index contributed by atoms with van der Waals surface area (Å²) in [4.78, 5) is 21.9. The second kappa shape index (κ2) is 8.79. The summed E-state index contributed by atoms with van der Waals surface area (Å²) in [6.45, 7) is -2.77. The van der Waals surface area contributed by atoms with Crippen LogP contribution in [0, 0.1) is 0 Å². The predicted molar refractivity (Wildman–Crippen MR) is 62.8 cm³/mol. The third kappa shape index (κ3) is 6.75. The number of aliphatic hydroxyl groups is 5. The maximum Gasteiger partial charge on any atom is 0.317 e. The Hall–Kier alpha value is -1.30. The summed E-state index contributed by atoms with van der Waals surface area (Å²) >= 11 is 0. The van der Waals surface area contributed by atoms with E-state index in [1.54, 1.807) is 0 Å². The van der Waals surface area contributed by atoms with Gasteiger partial charge < -0.3 is 35.7 Å². The largest absolute Gasteiger partial charge is 0.480 e. The fourth-order valence-corrected chi connectivity index (χ4v) is 1.50. The lowest BCUT2D eigenvalue weighted by Gasteiger charge is -2.28. The number of aliphatic carboxylic acids is 2. The number of hydrogen-bond donors (Lipinski definition) is 7. The van der Waals surface area contributed by atoms with Gasteiger partial charge in [0.05, 0.1) is 25.8 Å². The Morgan fingerprint density at radius 1 is 0.850 bits per heavy atom. The summed E-state index contributed by atoms with van der Waals surface area (Å²) in [5.74, 6) is -2.66. The van der Waals surface area contributed by atoms with E-state index in [1.807, 2.05) is 0 Å². The molecule has 0 heterocycles. The molecule has 0 amide bonds. The Bertz CT molecular complexity index is 308. The van der Waals surface area contributed by atoms with Crippen molar-refractivity contribution in [3.8, 4) is 0 Å². The van der Waals surface area contributed by atoms with Gasteiger partial charge in [0.15, 0.2) is 0 Å². The molecule has 10 nitrogen and oxygen atoms in total. The quantitative estimate of drug-likeness (QED) is 0.209. The molecule has 0 aromatic carbocycles. The van der Waals surface area contributed by atoms with Gasteiger partial charge in [-0.2, -0.15) is 0 Å². The molecule has 20 heavy (non-hydrogen) atoms. The molecule has 118 valence electrons. The summed E-state index contributed by atoms with van der Waals surface area (Å²) in [7, 11) is 0. The van der Waals surface area contributed by atoms with Crippen molar-refractivity contribution in [1.29, 1.82) is 0 Å². The van der Waals surface area contributed by atoms with Crippen molar-refractivity contribution in [2.24, 2.45) is 0 Å². The summed E-state index contributed by atoms with van der Waals surface area (Å²) in [6, 6.07) is 0. The van der Waals surface area contributed by atoms with Crippen LogP contribution in [0.1, 0.15) is 0 Å². The van der Waals surface area contributed by atoms with Crippen molar-refractivity contribution in [2.45, 2.75) is 24.4 Å². The molecule has 0 aliphatic carbocycles. The Morgan fingerprint density at radius 2 is 1.25 bits per heavy atom. The second-order valence-corrected chi connectivity index (χ2v) is 4.26. The number of nitrogens with zero attached hydrogens (tertiary/aromatic N) is 1. The highest BCUT2D eigenvalue weighted by atomic mass is 16.4. The van der Waals surface area contributed by atoms with E-state index < -0.39 is 62.6 Å². The summed E-state index contributed by atoms with van der Waals surface area (Å²) in [5.41, 5.74) is 0. The minimum absolute atomic E-state index is 0.547. The molecule has 0 bridgehead atoms. The van der Waals surface area contributed by atoms with Crippen LogP contribution in [-0.2, 0) is 9.59 Å². The number of hydrogen-bond acceptors (Lipinski definition) is 8. The van der Waals surface area contributed by atoms with Gasteiger partial charge in [0, 0.05) is 6.54 Å². The Balaban J connectivity index is 4.60. The first kappa shape index (κ1) is 18.7. The standard InChI is InChI=1S/C10H19NO9/c12-4-6(14)10(20)9(19)5(13)1-11(2-7(15)16)3-8(17)18/h5-6,9-10,12-14,19-20H,1-4H2,(H,15,16)(H,17,18)/t5-,6-,9-,10-/m1/s1. The van der Waals surface area contributed by atoms with Gasteiger partial charge in [0.2, 0.25) is 0 Å². The van der Waals surface area contributed by atoms with Crippen LogP contribution >= 0.6 is 0 Å². The first-order valence-corrected chi connectivity index (χ1v) is 5.68. The van der Waals surface area contributed by atoms with Gasteiger partial charge >= 0.3 is 11.9 Å². The maximum atomic E-state index is 10.5. The molecule has 0 saturated carbocycles. The van der Waals surface area contributed by atoms with Crippen molar-refractivity contribution in [3.63, 3.8) is 0 Å². The van der Waals surface area contributed by atoms with Gasteiger partial charge in [-0.25, -0.2) is 0 Å². The monoisotopic (exact) mass is 297 g/mol. The van der Waals surface area contributed by atoms with Crippen LogP contribution in [0.5, 0.6) is 0 Å². The van der Waals surface area contributed by atoms with E-state index >= 15 is 0 Å². The molecule has 7 N–H and O–H groups in total. The Labute approximate surface area is 114 Å². The number of carboxylic acids is 2. The van der Waals surface area contributed by atoms with Gasteiger partial charge in [-0.3, -0.25) is 14.5 Å². The Morgan fingerprint density at radius 3 is 1.60 bits per heavy atom. The minimum atomic E-state index is -1.87. The summed E-state index contributed by atoms with van der Waals surface area (Å²) < 4.78 is 0. The fourth-order valence-electron chi connectivity index (χ4n) is 1.50. The molecule has 0 aliphatic rings.